The molecule has 0 bridgehead atoms. The SMILES string of the molecule is CN=C(NCc1cccc(NC(=O)CN(C)C)c1)N1CCC(Oc2ccccc2)CC1.I. The van der Waals surface area contributed by atoms with Crippen LogP contribution in [-0.4, -0.2) is 68.5 Å². The van der Waals surface area contributed by atoms with Crippen LogP contribution in [0.1, 0.15) is 18.4 Å². The summed E-state index contributed by atoms with van der Waals surface area (Å²) in [5.41, 5.74) is 1.89. The summed E-state index contributed by atoms with van der Waals surface area (Å²) in [6.07, 6.45) is 2.16. The molecular weight excluding hydrogens is 517 g/mol. The maximum absolute atomic E-state index is 12.0. The van der Waals surface area contributed by atoms with Crippen molar-refractivity contribution in [1.29, 1.82) is 0 Å². The Morgan fingerprint density at radius 3 is 2.50 bits per heavy atom. The number of rotatable bonds is 7. The van der Waals surface area contributed by atoms with Crippen LogP contribution >= 0.6 is 24.0 Å². The number of likely N-dealkylation sites (tertiary alicyclic amines) is 1. The number of nitrogens with zero attached hydrogens (tertiary/aromatic N) is 3. The number of benzene rings is 2. The molecule has 7 nitrogen and oxygen atoms in total. The molecule has 0 aliphatic carbocycles. The fourth-order valence-corrected chi connectivity index (χ4v) is 3.64. The van der Waals surface area contributed by atoms with E-state index in [4.69, 9.17) is 4.74 Å². The molecule has 2 aromatic carbocycles. The van der Waals surface area contributed by atoms with Crippen molar-refractivity contribution in [3.63, 3.8) is 0 Å². The number of carbonyl (C=O) groups is 1. The molecule has 1 heterocycles. The number of aliphatic imine (C=N–C) groups is 1. The first-order valence-electron chi connectivity index (χ1n) is 10.7. The van der Waals surface area contributed by atoms with Gasteiger partial charge in [-0.3, -0.25) is 9.79 Å². The number of anilines is 1. The first kappa shape index (κ1) is 25.9. The topological polar surface area (TPSA) is 69.2 Å². The van der Waals surface area contributed by atoms with Gasteiger partial charge in [0.2, 0.25) is 5.91 Å². The van der Waals surface area contributed by atoms with E-state index in [0.717, 1.165) is 48.9 Å². The predicted octanol–water partition coefficient (Wildman–Crippen LogP) is 3.42. The van der Waals surface area contributed by atoms with Crippen molar-refractivity contribution >= 4 is 41.5 Å². The Bertz CT molecular complexity index is 868. The van der Waals surface area contributed by atoms with Crippen molar-refractivity contribution < 1.29 is 9.53 Å². The molecular formula is C24H34IN5O2. The van der Waals surface area contributed by atoms with Gasteiger partial charge in [0.05, 0.1) is 6.54 Å². The van der Waals surface area contributed by atoms with Gasteiger partial charge in [-0.2, -0.15) is 0 Å². The molecule has 2 aromatic rings. The lowest BCUT2D eigenvalue weighted by molar-refractivity contribution is -0.116. The Morgan fingerprint density at radius 1 is 1.12 bits per heavy atom. The summed E-state index contributed by atoms with van der Waals surface area (Å²) in [7, 11) is 5.57. The monoisotopic (exact) mass is 551 g/mol. The van der Waals surface area contributed by atoms with E-state index in [-0.39, 0.29) is 36.0 Å². The molecule has 1 aliphatic rings. The van der Waals surface area contributed by atoms with Gasteiger partial charge >= 0.3 is 0 Å². The molecule has 0 saturated carbocycles. The summed E-state index contributed by atoms with van der Waals surface area (Å²) in [5.74, 6) is 1.80. The van der Waals surface area contributed by atoms with E-state index in [1.807, 2.05) is 80.6 Å². The van der Waals surface area contributed by atoms with E-state index in [1.54, 1.807) is 0 Å². The van der Waals surface area contributed by atoms with Gasteiger partial charge in [0.25, 0.3) is 0 Å². The van der Waals surface area contributed by atoms with Crippen LogP contribution in [0.4, 0.5) is 5.69 Å². The van der Waals surface area contributed by atoms with Gasteiger partial charge in [-0.05, 0) is 43.9 Å². The van der Waals surface area contributed by atoms with Crippen molar-refractivity contribution in [1.82, 2.24) is 15.1 Å². The summed E-state index contributed by atoms with van der Waals surface area (Å²) in [6, 6.07) is 17.9. The summed E-state index contributed by atoms with van der Waals surface area (Å²) in [5, 5.41) is 6.39. The largest absolute Gasteiger partial charge is 0.490 e. The molecule has 1 aliphatic heterocycles. The summed E-state index contributed by atoms with van der Waals surface area (Å²) in [4.78, 5) is 20.6. The zero-order valence-corrected chi connectivity index (χ0v) is 21.4. The summed E-state index contributed by atoms with van der Waals surface area (Å²) >= 11 is 0. The first-order chi connectivity index (χ1) is 15.0. The van der Waals surface area contributed by atoms with E-state index in [1.165, 1.54) is 0 Å². The molecule has 1 amide bonds. The Labute approximate surface area is 208 Å². The van der Waals surface area contributed by atoms with Crippen LogP contribution < -0.4 is 15.4 Å². The standard InChI is InChI=1S/C24H33N5O2.HI/c1-25-24(29-14-12-22(13-15-29)31-21-10-5-4-6-11-21)26-17-19-8-7-9-20(16-19)27-23(30)18-28(2)3;/h4-11,16,22H,12-15,17-18H2,1-3H3,(H,25,26)(H,27,30);1H. The molecule has 0 aromatic heterocycles. The molecule has 1 fully saturated rings. The lowest BCUT2D eigenvalue weighted by Crippen LogP contribution is -2.47. The number of piperidine rings is 1. The van der Waals surface area contributed by atoms with E-state index in [0.29, 0.717) is 13.1 Å². The number of halogens is 1. The zero-order chi connectivity index (χ0) is 22.1. The van der Waals surface area contributed by atoms with E-state index in [2.05, 4.69) is 20.5 Å². The minimum Gasteiger partial charge on any atom is -0.490 e. The maximum Gasteiger partial charge on any atom is 0.238 e. The number of ether oxygens (including phenoxy) is 1. The van der Waals surface area contributed by atoms with E-state index >= 15 is 0 Å². The second-order valence-electron chi connectivity index (χ2n) is 8.00. The van der Waals surface area contributed by atoms with Gasteiger partial charge < -0.3 is 25.2 Å². The summed E-state index contributed by atoms with van der Waals surface area (Å²) in [6.45, 7) is 2.80. The van der Waals surface area contributed by atoms with E-state index in [9.17, 15) is 4.79 Å². The highest BCUT2D eigenvalue weighted by atomic mass is 127. The average molecular weight is 551 g/mol. The molecule has 174 valence electrons. The fraction of sp³-hybridized carbons (Fsp3) is 0.417. The maximum atomic E-state index is 12.0. The number of hydrogen-bond donors (Lipinski definition) is 2. The molecule has 0 atom stereocenters. The van der Waals surface area contributed by atoms with Crippen LogP contribution in [-0.2, 0) is 11.3 Å². The number of likely N-dealkylation sites (N-methyl/N-ethyl adjacent to an activating group) is 1. The number of para-hydroxylation sites is 1. The Morgan fingerprint density at radius 2 is 1.84 bits per heavy atom. The summed E-state index contributed by atoms with van der Waals surface area (Å²) < 4.78 is 6.09. The third-order valence-electron chi connectivity index (χ3n) is 5.12. The second-order valence-corrected chi connectivity index (χ2v) is 8.00. The van der Waals surface area contributed by atoms with Gasteiger partial charge in [0.1, 0.15) is 11.9 Å². The molecule has 0 unspecified atom stereocenters. The smallest absolute Gasteiger partial charge is 0.238 e. The van der Waals surface area contributed by atoms with Crippen molar-refractivity contribution in [2.75, 3.05) is 46.1 Å². The van der Waals surface area contributed by atoms with Gasteiger partial charge in [0.15, 0.2) is 5.96 Å². The molecule has 3 rings (SSSR count). The van der Waals surface area contributed by atoms with Gasteiger partial charge in [-0.1, -0.05) is 30.3 Å². The highest BCUT2D eigenvalue weighted by Crippen LogP contribution is 2.19. The molecule has 8 heteroatoms. The lowest BCUT2D eigenvalue weighted by atomic mass is 10.1. The normalized spacial score (nSPS) is 14.6. The van der Waals surface area contributed by atoms with Crippen LogP contribution in [0, 0.1) is 0 Å². The van der Waals surface area contributed by atoms with Gasteiger partial charge in [0, 0.05) is 45.2 Å². The van der Waals surface area contributed by atoms with E-state index < -0.39 is 0 Å². The number of guanidine groups is 1. The molecule has 2 N–H and O–H groups in total. The predicted molar refractivity (Wildman–Crippen MR) is 141 cm³/mol. The van der Waals surface area contributed by atoms with Crippen molar-refractivity contribution in [2.24, 2.45) is 4.99 Å². The molecule has 1 saturated heterocycles. The van der Waals surface area contributed by atoms with Crippen LogP contribution in [0.5, 0.6) is 5.75 Å². The second kappa shape index (κ2) is 13.3. The Hall–Kier alpha value is -2.33. The van der Waals surface area contributed by atoms with Gasteiger partial charge in [-0.25, -0.2) is 0 Å². The Balaban J connectivity index is 0.00000363. The van der Waals surface area contributed by atoms with Crippen LogP contribution in [0.3, 0.4) is 0 Å². The van der Waals surface area contributed by atoms with Crippen LogP contribution in [0.25, 0.3) is 0 Å². The molecule has 32 heavy (non-hydrogen) atoms. The third kappa shape index (κ3) is 8.31. The zero-order valence-electron chi connectivity index (χ0n) is 19.1. The first-order valence-corrected chi connectivity index (χ1v) is 10.7. The number of nitrogens with one attached hydrogen (secondary N) is 2. The van der Waals surface area contributed by atoms with Crippen LogP contribution in [0.15, 0.2) is 59.6 Å². The fourth-order valence-electron chi connectivity index (χ4n) is 3.64. The minimum atomic E-state index is -0.0217. The van der Waals surface area contributed by atoms with Crippen LogP contribution in [0.2, 0.25) is 0 Å². The number of amides is 1. The quantitative estimate of drug-likeness (QED) is 0.314. The van der Waals surface area contributed by atoms with Crippen molar-refractivity contribution in [2.45, 2.75) is 25.5 Å². The number of carbonyl (C=O) groups excluding carboxylic acids is 1. The van der Waals surface area contributed by atoms with Crippen molar-refractivity contribution in [3.05, 3.63) is 60.2 Å². The minimum absolute atomic E-state index is 0. The lowest BCUT2D eigenvalue weighted by Gasteiger charge is -2.34. The highest BCUT2D eigenvalue weighted by molar-refractivity contribution is 14.0. The van der Waals surface area contributed by atoms with Crippen molar-refractivity contribution in [3.8, 4) is 5.75 Å². The number of hydrogen-bond acceptors (Lipinski definition) is 4. The molecule has 0 radical (unpaired) electrons. The third-order valence-corrected chi connectivity index (χ3v) is 5.12. The van der Waals surface area contributed by atoms with Gasteiger partial charge in [-0.15, -0.1) is 24.0 Å². The molecule has 0 spiro atoms. The Kier molecular flexibility index (Phi) is 10.8. The highest BCUT2D eigenvalue weighted by Gasteiger charge is 2.22. The average Bonchev–Trinajstić information content (AvgIpc) is 2.75.